The fourth-order valence-electron chi connectivity index (χ4n) is 2.08. The van der Waals surface area contributed by atoms with Crippen molar-refractivity contribution in [1.82, 2.24) is 10.6 Å². The number of aliphatic hydroxyl groups is 1. The number of hydrogen-bond donors (Lipinski definition) is 4. The third-order valence-electron chi connectivity index (χ3n) is 3.19. The Morgan fingerprint density at radius 3 is 2.37 bits per heavy atom. The summed E-state index contributed by atoms with van der Waals surface area (Å²) in [5.74, 6) is -1.78. The van der Waals surface area contributed by atoms with Crippen molar-refractivity contribution in [3.05, 3.63) is 0 Å². The molecule has 0 spiro atoms. The van der Waals surface area contributed by atoms with E-state index in [1.165, 1.54) is 0 Å². The summed E-state index contributed by atoms with van der Waals surface area (Å²) < 4.78 is 0. The van der Waals surface area contributed by atoms with Crippen LogP contribution in [0.5, 0.6) is 0 Å². The van der Waals surface area contributed by atoms with Crippen molar-refractivity contribution in [3.8, 4) is 0 Å². The molecule has 1 atom stereocenters. The van der Waals surface area contributed by atoms with Crippen LogP contribution in [0.25, 0.3) is 0 Å². The standard InChI is InChI=1S/C12H20N2O5/c15-7-9(12(18)19)14-10(16)5-6-13-11(17)8-3-1-2-4-8/h8-9,15H,1-7H2,(H,13,17)(H,14,16)(H,18,19)/t9-/m1/s1. The van der Waals surface area contributed by atoms with Crippen LogP contribution in [0.1, 0.15) is 32.1 Å². The molecule has 0 aromatic rings. The maximum Gasteiger partial charge on any atom is 0.328 e. The van der Waals surface area contributed by atoms with E-state index in [1.54, 1.807) is 0 Å². The number of amides is 2. The number of hydrogen-bond acceptors (Lipinski definition) is 4. The lowest BCUT2D eigenvalue weighted by Gasteiger charge is -2.13. The molecule has 7 heteroatoms. The summed E-state index contributed by atoms with van der Waals surface area (Å²) in [6, 6.07) is -1.29. The first-order valence-electron chi connectivity index (χ1n) is 6.45. The van der Waals surface area contributed by atoms with E-state index >= 15 is 0 Å². The predicted octanol–water partition coefficient (Wildman–Crippen LogP) is -0.755. The summed E-state index contributed by atoms with van der Waals surface area (Å²) in [5, 5.41) is 22.2. The Balaban J connectivity index is 2.19. The van der Waals surface area contributed by atoms with E-state index in [0.29, 0.717) is 0 Å². The van der Waals surface area contributed by atoms with Crippen LogP contribution in [0.2, 0.25) is 0 Å². The molecule has 19 heavy (non-hydrogen) atoms. The monoisotopic (exact) mass is 272 g/mol. The molecule has 1 aliphatic rings. The van der Waals surface area contributed by atoms with Gasteiger partial charge in [-0.05, 0) is 12.8 Å². The van der Waals surface area contributed by atoms with E-state index in [9.17, 15) is 14.4 Å². The smallest absolute Gasteiger partial charge is 0.328 e. The second kappa shape index (κ2) is 7.73. The molecule has 4 N–H and O–H groups in total. The van der Waals surface area contributed by atoms with Crippen LogP contribution >= 0.6 is 0 Å². The Morgan fingerprint density at radius 2 is 1.84 bits per heavy atom. The van der Waals surface area contributed by atoms with Gasteiger partial charge in [-0.15, -0.1) is 0 Å². The molecule has 0 saturated heterocycles. The van der Waals surface area contributed by atoms with Gasteiger partial charge in [-0.3, -0.25) is 9.59 Å². The summed E-state index contributed by atoms with van der Waals surface area (Å²) in [6.45, 7) is -0.478. The van der Waals surface area contributed by atoms with Gasteiger partial charge in [0.1, 0.15) is 6.04 Å². The van der Waals surface area contributed by atoms with Crippen molar-refractivity contribution in [2.24, 2.45) is 5.92 Å². The van der Waals surface area contributed by atoms with Crippen LogP contribution < -0.4 is 10.6 Å². The molecule has 0 aromatic carbocycles. The van der Waals surface area contributed by atoms with Gasteiger partial charge >= 0.3 is 5.97 Å². The number of aliphatic carboxylic acids is 1. The van der Waals surface area contributed by atoms with Crippen molar-refractivity contribution >= 4 is 17.8 Å². The van der Waals surface area contributed by atoms with Gasteiger partial charge in [0.2, 0.25) is 11.8 Å². The first-order chi connectivity index (χ1) is 9.04. The quantitative estimate of drug-likeness (QED) is 0.486. The Bertz CT molecular complexity index is 339. The lowest BCUT2D eigenvalue weighted by molar-refractivity contribution is -0.143. The third-order valence-corrected chi connectivity index (χ3v) is 3.19. The highest BCUT2D eigenvalue weighted by Crippen LogP contribution is 2.24. The molecule has 1 fully saturated rings. The zero-order chi connectivity index (χ0) is 14.3. The molecule has 0 aliphatic heterocycles. The van der Waals surface area contributed by atoms with Gasteiger partial charge in [-0.1, -0.05) is 12.8 Å². The van der Waals surface area contributed by atoms with E-state index in [-0.39, 0.29) is 24.8 Å². The van der Waals surface area contributed by atoms with Crippen molar-refractivity contribution in [3.63, 3.8) is 0 Å². The highest BCUT2D eigenvalue weighted by molar-refractivity contribution is 5.84. The lowest BCUT2D eigenvalue weighted by Crippen LogP contribution is -2.44. The number of aliphatic hydroxyl groups excluding tert-OH is 1. The number of carboxylic acids is 1. The number of rotatable bonds is 7. The van der Waals surface area contributed by atoms with Crippen LogP contribution in [0.15, 0.2) is 0 Å². The average molecular weight is 272 g/mol. The summed E-state index contributed by atoms with van der Waals surface area (Å²) in [4.78, 5) is 33.6. The summed E-state index contributed by atoms with van der Waals surface area (Å²) >= 11 is 0. The number of nitrogens with one attached hydrogen (secondary N) is 2. The SMILES string of the molecule is O=C(CCNC(=O)C1CCCC1)N[C@H](CO)C(=O)O. The Hall–Kier alpha value is -1.63. The minimum Gasteiger partial charge on any atom is -0.480 e. The molecular weight excluding hydrogens is 252 g/mol. The topological polar surface area (TPSA) is 116 Å². The van der Waals surface area contributed by atoms with Crippen LogP contribution in [-0.4, -0.2) is 47.2 Å². The number of carbonyl (C=O) groups excluding carboxylic acids is 2. The molecule has 108 valence electrons. The first-order valence-corrected chi connectivity index (χ1v) is 6.45. The first kappa shape index (κ1) is 15.4. The van der Waals surface area contributed by atoms with Crippen LogP contribution in [-0.2, 0) is 14.4 Å². The fraction of sp³-hybridized carbons (Fsp3) is 0.750. The molecule has 0 radical (unpaired) electrons. The molecule has 0 heterocycles. The van der Waals surface area contributed by atoms with Gasteiger partial charge in [-0.25, -0.2) is 4.79 Å². The highest BCUT2D eigenvalue weighted by atomic mass is 16.4. The van der Waals surface area contributed by atoms with E-state index < -0.39 is 24.5 Å². The van der Waals surface area contributed by atoms with Gasteiger partial charge in [0.25, 0.3) is 0 Å². The van der Waals surface area contributed by atoms with Crippen molar-refractivity contribution in [1.29, 1.82) is 0 Å². The minimum atomic E-state index is -1.29. The predicted molar refractivity (Wildman–Crippen MR) is 66.2 cm³/mol. The van der Waals surface area contributed by atoms with Crippen molar-refractivity contribution < 1.29 is 24.6 Å². The fourth-order valence-corrected chi connectivity index (χ4v) is 2.08. The number of carboxylic acid groups (broad SMARTS) is 1. The molecule has 1 saturated carbocycles. The normalized spacial score (nSPS) is 16.9. The second-order valence-electron chi connectivity index (χ2n) is 4.66. The maximum absolute atomic E-state index is 11.6. The molecular formula is C12H20N2O5. The van der Waals surface area contributed by atoms with E-state index in [1.807, 2.05) is 0 Å². The summed E-state index contributed by atoms with van der Waals surface area (Å²) in [7, 11) is 0. The van der Waals surface area contributed by atoms with Crippen LogP contribution in [0.3, 0.4) is 0 Å². The van der Waals surface area contributed by atoms with Gasteiger partial charge in [0, 0.05) is 18.9 Å². The zero-order valence-corrected chi connectivity index (χ0v) is 10.7. The highest BCUT2D eigenvalue weighted by Gasteiger charge is 2.22. The van der Waals surface area contributed by atoms with Crippen molar-refractivity contribution in [2.75, 3.05) is 13.2 Å². The van der Waals surface area contributed by atoms with Gasteiger partial charge in [0.05, 0.1) is 6.61 Å². The molecule has 0 unspecified atom stereocenters. The summed E-state index contributed by atoms with van der Waals surface area (Å²) in [6.07, 6.45) is 3.92. The minimum absolute atomic E-state index is 0.00222. The largest absolute Gasteiger partial charge is 0.480 e. The molecule has 7 nitrogen and oxygen atoms in total. The van der Waals surface area contributed by atoms with Crippen LogP contribution in [0, 0.1) is 5.92 Å². The lowest BCUT2D eigenvalue weighted by atomic mass is 10.1. The van der Waals surface area contributed by atoms with Crippen molar-refractivity contribution in [2.45, 2.75) is 38.1 Å². The molecule has 1 rings (SSSR count). The molecule has 2 amide bonds. The zero-order valence-electron chi connectivity index (χ0n) is 10.7. The van der Waals surface area contributed by atoms with Gasteiger partial charge in [-0.2, -0.15) is 0 Å². The Labute approximate surface area is 111 Å². The average Bonchev–Trinajstić information content (AvgIpc) is 2.89. The van der Waals surface area contributed by atoms with Gasteiger partial charge < -0.3 is 20.8 Å². The molecule has 0 bridgehead atoms. The second-order valence-corrected chi connectivity index (χ2v) is 4.66. The van der Waals surface area contributed by atoms with E-state index in [2.05, 4.69) is 10.6 Å². The Kier molecular flexibility index (Phi) is 6.27. The van der Waals surface area contributed by atoms with Crippen LogP contribution in [0.4, 0.5) is 0 Å². The Morgan fingerprint density at radius 1 is 1.21 bits per heavy atom. The van der Waals surface area contributed by atoms with E-state index in [4.69, 9.17) is 10.2 Å². The number of carbonyl (C=O) groups is 3. The molecule has 0 aromatic heterocycles. The third kappa shape index (κ3) is 5.25. The van der Waals surface area contributed by atoms with Gasteiger partial charge in [0.15, 0.2) is 0 Å². The van der Waals surface area contributed by atoms with E-state index in [0.717, 1.165) is 25.7 Å². The summed E-state index contributed by atoms with van der Waals surface area (Å²) in [5.41, 5.74) is 0. The maximum atomic E-state index is 11.6. The molecule has 1 aliphatic carbocycles.